The molecule has 2 aromatic rings. The standard InChI is InChI=1S/C22H21N5O3/c1-13-4-2-3-5-16(13)18(26-23)11-24-15-6-7-17-14(10-15)12-27(22(17)30)19-8-9-20(28)25-21(19)29/h2-7,10-11,19H,8-9,12,23H2,1H3,(H,25,28,29)/b24-11?,26-18+. The minimum absolute atomic E-state index is 0.209. The SMILES string of the molecule is Cc1ccccc1/C(C=Nc1ccc2c(c1)CN(C1CCC(=O)NC1=O)C2=O)=N/N. The molecule has 30 heavy (non-hydrogen) atoms. The molecule has 0 bridgehead atoms. The molecule has 0 aliphatic carbocycles. The first-order valence-corrected chi connectivity index (χ1v) is 9.63. The maximum Gasteiger partial charge on any atom is 0.255 e. The Kier molecular flexibility index (Phi) is 5.14. The van der Waals surface area contributed by atoms with E-state index in [9.17, 15) is 14.4 Å². The van der Waals surface area contributed by atoms with E-state index in [1.54, 1.807) is 18.3 Å². The number of imide groups is 1. The zero-order valence-electron chi connectivity index (χ0n) is 16.5. The molecule has 4 rings (SSSR count). The normalized spacial score (nSPS) is 19.4. The summed E-state index contributed by atoms with van der Waals surface area (Å²) in [5.74, 6) is 4.62. The van der Waals surface area contributed by atoms with Crippen LogP contribution in [0.15, 0.2) is 52.6 Å². The highest BCUT2D eigenvalue weighted by Gasteiger charge is 2.39. The van der Waals surface area contributed by atoms with E-state index in [-0.39, 0.29) is 18.2 Å². The second-order valence-corrected chi connectivity index (χ2v) is 7.33. The van der Waals surface area contributed by atoms with Gasteiger partial charge in [0.1, 0.15) is 11.8 Å². The Balaban J connectivity index is 1.54. The molecule has 8 nitrogen and oxygen atoms in total. The van der Waals surface area contributed by atoms with Crippen molar-refractivity contribution in [1.29, 1.82) is 0 Å². The fraction of sp³-hybridized carbons (Fsp3) is 0.227. The van der Waals surface area contributed by atoms with E-state index >= 15 is 0 Å². The third-order valence-electron chi connectivity index (χ3n) is 5.40. The molecular weight excluding hydrogens is 382 g/mol. The summed E-state index contributed by atoms with van der Waals surface area (Å²) >= 11 is 0. The molecule has 1 unspecified atom stereocenters. The fourth-order valence-corrected chi connectivity index (χ4v) is 3.81. The van der Waals surface area contributed by atoms with Crippen molar-refractivity contribution >= 4 is 35.3 Å². The number of hydrogen-bond donors (Lipinski definition) is 2. The average molecular weight is 403 g/mol. The maximum atomic E-state index is 12.8. The molecule has 3 N–H and O–H groups in total. The van der Waals surface area contributed by atoms with Crippen molar-refractivity contribution in [3.8, 4) is 0 Å². The van der Waals surface area contributed by atoms with Gasteiger partial charge in [-0.05, 0) is 42.7 Å². The number of nitrogens with one attached hydrogen (secondary N) is 1. The van der Waals surface area contributed by atoms with Crippen molar-refractivity contribution in [1.82, 2.24) is 10.2 Å². The quantitative estimate of drug-likeness (QED) is 0.350. The minimum atomic E-state index is -0.633. The van der Waals surface area contributed by atoms with Gasteiger partial charge in [-0.15, -0.1) is 0 Å². The Hall–Kier alpha value is -3.81. The molecule has 152 valence electrons. The summed E-state index contributed by atoms with van der Waals surface area (Å²) in [5.41, 5.74) is 4.47. The Morgan fingerprint density at radius 3 is 2.73 bits per heavy atom. The van der Waals surface area contributed by atoms with Gasteiger partial charge in [-0.25, -0.2) is 0 Å². The number of carbonyl (C=O) groups is 3. The Morgan fingerprint density at radius 2 is 2.00 bits per heavy atom. The number of carbonyl (C=O) groups excluding carboxylic acids is 3. The second kappa shape index (κ2) is 7.90. The molecule has 1 saturated heterocycles. The number of rotatable bonds is 4. The molecule has 0 spiro atoms. The van der Waals surface area contributed by atoms with E-state index in [0.29, 0.717) is 29.9 Å². The zero-order chi connectivity index (χ0) is 21.3. The number of aliphatic imine (C=N–C) groups is 1. The smallest absolute Gasteiger partial charge is 0.255 e. The van der Waals surface area contributed by atoms with Crippen LogP contribution in [0.1, 0.15) is 39.9 Å². The van der Waals surface area contributed by atoms with Crippen LogP contribution < -0.4 is 11.2 Å². The number of hydrogen-bond acceptors (Lipinski definition) is 6. The van der Waals surface area contributed by atoms with Crippen molar-refractivity contribution in [2.45, 2.75) is 32.4 Å². The van der Waals surface area contributed by atoms with Crippen LogP contribution in [-0.2, 0) is 16.1 Å². The summed E-state index contributed by atoms with van der Waals surface area (Å²) < 4.78 is 0. The predicted octanol–water partition coefficient (Wildman–Crippen LogP) is 1.82. The zero-order valence-corrected chi connectivity index (χ0v) is 16.5. The monoisotopic (exact) mass is 403 g/mol. The van der Waals surface area contributed by atoms with Crippen LogP contribution in [0.3, 0.4) is 0 Å². The van der Waals surface area contributed by atoms with E-state index < -0.39 is 11.9 Å². The Labute approximate surface area is 173 Å². The topological polar surface area (TPSA) is 117 Å². The number of amides is 3. The molecule has 0 radical (unpaired) electrons. The summed E-state index contributed by atoms with van der Waals surface area (Å²) in [6.07, 6.45) is 2.16. The number of hydrazone groups is 1. The number of benzene rings is 2. The lowest BCUT2D eigenvalue weighted by molar-refractivity contribution is -0.136. The predicted molar refractivity (Wildman–Crippen MR) is 113 cm³/mol. The molecule has 1 atom stereocenters. The summed E-state index contributed by atoms with van der Waals surface area (Å²) in [5, 5.41) is 6.14. The van der Waals surface area contributed by atoms with Crippen molar-refractivity contribution in [3.05, 3.63) is 64.7 Å². The first kappa shape index (κ1) is 19.5. The molecular formula is C22H21N5O3. The number of aryl methyl sites for hydroxylation is 1. The number of fused-ring (bicyclic) bond motifs is 1. The lowest BCUT2D eigenvalue weighted by atomic mass is 10.0. The van der Waals surface area contributed by atoms with Crippen LogP contribution in [-0.4, -0.2) is 40.6 Å². The maximum absolute atomic E-state index is 12.8. The Morgan fingerprint density at radius 1 is 1.20 bits per heavy atom. The summed E-state index contributed by atoms with van der Waals surface area (Å²) in [6.45, 7) is 2.28. The molecule has 0 saturated carbocycles. The lowest BCUT2D eigenvalue weighted by Gasteiger charge is -2.29. The first-order valence-electron chi connectivity index (χ1n) is 9.63. The van der Waals surface area contributed by atoms with Crippen molar-refractivity contribution < 1.29 is 14.4 Å². The third-order valence-corrected chi connectivity index (χ3v) is 5.40. The van der Waals surface area contributed by atoms with Crippen LogP contribution in [0.4, 0.5) is 5.69 Å². The molecule has 2 aliphatic rings. The van der Waals surface area contributed by atoms with Gasteiger partial charge >= 0.3 is 0 Å². The van der Waals surface area contributed by atoms with Crippen LogP contribution in [0.25, 0.3) is 0 Å². The van der Waals surface area contributed by atoms with Crippen LogP contribution in [0, 0.1) is 6.92 Å². The molecule has 2 heterocycles. The summed E-state index contributed by atoms with van der Waals surface area (Å²) in [4.78, 5) is 42.3. The van der Waals surface area contributed by atoms with Crippen LogP contribution >= 0.6 is 0 Å². The molecule has 0 aromatic heterocycles. The van der Waals surface area contributed by atoms with Crippen LogP contribution in [0.5, 0.6) is 0 Å². The molecule has 2 aliphatic heterocycles. The number of nitrogens with two attached hydrogens (primary N) is 1. The highest BCUT2D eigenvalue weighted by Crippen LogP contribution is 2.30. The number of piperidine rings is 1. The molecule has 3 amide bonds. The molecule has 2 aromatic carbocycles. The summed E-state index contributed by atoms with van der Waals surface area (Å²) in [6, 6.07) is 12.4. The average Bonchev–Trinajstić information content (AvgIpc) is 3.05. The van der Waals surface area contributed by atoms with Gasteiger partial charge in [0, 0.05) is 24.1 Å². The third kappa shape index (κ3) is 3.59. The highest BCUT2D eigenvalue weighted by atomic mass is 16.2. The number of nitrogens with zero attached hydrogens (tertiary/aromatic N) is 3. The van der Waals surface area contributed by atoms with Gasteiger partial charge in [0.25, 0.3) is 5.91 Å². The molecule has 1 fully saturated rings. The summed E-state index contributed by atoms with van der Waals surface area (Å²) in [7, 11) is 0. The van der Waals surface area contributed by atoms with E-state index in [1.165, 1.54) is 4.90 Å². The van der Waals surface area contributed by atoms with Gasteiger partial charge < -0.3 is 10.7 Å². The second-order valence-electron chi connectivity index (χ2n) is 7.33. The first-order chi connectivity index (χ1) is 14.5. The van der Waals surface area contributed by atoms with Gasteiger partial charge in [-0.2, -0.15) is 5.10 Å². The van der Waals surface area contributed by atoms with E-state index in [4.69, 9.17) is 5.84 Å². The van der Waals surface area contributed by atoms with Gasteiger partial charge in [0.2, 0.25) is 11.8 Å². The van der Waals surface area contributed by atoms with E-state index in [2.05, 4.69) is 15.4 Å². The van der Waals surface area contributed by atoms with Crippen molar-refractivity contribution in [3.63, 3.8) is 0 Å². The minimum Gasteiger partial charge on any atom is -0.323 e. The van der Waals surface area contributed by atoms with Gasteiger partial charge in [0.05, 0.1) is 11.9 Å². The van der Waals surface area contributed by atoms with Gasteiger partial charge in [0.15, 0.2) is 0 Å². The van der Waals surface area contributed by atoms with Crippen LogP contribution in [0.2, 0.25) is 0 Å². The van der Waals surface area contributed by atoms with Crippen molar-refractivity contribution in [2.24, 2.45) is 15.9 Å². The molecule has 8 heteroatoms. The van der Waals surface area contributed by atoms with E-state index in [0.717, 1.165) is 16.7 Å². The van der Waals surface area contributed by atoms with E-state index in [1.807, 2.05) is 37.3 Å². The highest BCUT2D eigenvalue weighted by molar-refractivity contribution is 6.38. The fourth-order valence-electron chi connectivity index (χ4n) is 3.81. The van der Waals surface area contributed by atoms with Gasteiger partial charge in [-0.3, -0.25) is 24.7 Å². The van der Waals surface area contributed by atoms with Gasteiger partial charge in [-0.1, -0.05) is 24.3 Å². The largest absolute Gasteiger partial charge is 0.323 e. The van der Waals surface area contributed by atoms with Crippen molar-refractivity contribution in [2.75, 3.05) is 0 Å². The Bertz CT molecular complexity index is 1110. The lowest BCUT2D eigenvalue weighted by Crippen LogP contribution is -2.52.